The Morgan fingerprint density at radius 2 is 2.05 bits per heavy atom. The quantitative estimate of drug-likeness (QED) is 0.925. The molecule has 0 spiro atoms. The molecule has 3 heterocycles. The molecule has 1 atom stereocenters. The van der Waals surface area contributed by atoms with Gasteiger partial charge in [0.25, 0.3) is 0 Å². The predicted octanol–water partition coefficient (Wildman–Crippen LogP) is 4.09. The Morgan fingerprint density at radius 1 is 1.18 bits per heavy atom. The van der Waals surface area contributed by atoms with Crippen LogP contribution in [0.5, 0.6) is 0 Å². The van der Waals surface area contributed by atoms with E-state index in [1.165, 1.54) is 32.1 Å². The number of hydrogen-bond acceptors (Lipinski definition) is 5. The van der Waals surface area contributed by atoms with E-state index in [1.807, 2.05) is 18.3 Å². The molecular formula is C17H20N4O. The maximum atomic E-state index is 5.91. The molecule has 1 aliphatic carbocycles. The van der Waals surface area contributed by atoms with Crippen molar-refractivity contribution in [3.63, 3.8) is 0 Å². The van der Waals surface area contributed by atoms with Crippen LogP contribution >= 0.6 is 0 Å². The Balaban J connectivity index is 1.65. The fourth-order valence-electron chi connectivity index (χ4n) is 3.65. The van der Waals surface area contributed by atoms with Crippen LogP contribution in [0.15, 0.2) is 27.8 Å². The molecule has 0 aromatic carbocycles. The molecule has 1 fully saturated rings. The Morgan fingerprint density at radius 3 is 2.82 bits per heavy atom. The van der Waals surface area contributed by atoms with Gasteiger partial charge < -0.3 is 10.2 Å². The van der Waals surface area contributed by atoms with Crippen molar-refractivity contribution in [2.24, 2.45) is 10.9 Å². The average Bonchev–Trinajstić information content (AvgIpc) is 3.18. The highest BCUT2D eigenvalue weighted by atomic mass is 16.3. The fourth-order valence-corrected chi connectivity index (χ4v) is 3.65. The van der Waals surface area contributed by atoms with Crippen molar-refractivity contribution in [3.05, 3.63) is 24.1 Å². The normalized spacial score (nSPS) is 21.2. The zero-order valence-electron chi connectivity index (χ0n) is 12.5. The van der Waals surface area contributed by atoms with Gasteiger partial charge in [-0.3, -0.25) is 4.99 Å². The number of fused-ring (bicyclic) bond motifs is 1. The van der Waals surface area contributed by atoms with E-state index in [0.29, 0.717) is 17.4 Å². The van der Waals surface area contributed by atoms with Gasteiger partial charge in [-0.2, -0.15) is 0 Å². The second-order valence-corrected chi connectivity index (χ2v) is 6.27. The van der Waals surface area contributed by atoms with Crippen molar-refractivity contribution in [1.82, 2.24) is 9.97 Å². The first-order chi connectivity index (χ1) is 10.8. The van der Waals surface area contributed by atoms with Gasteiger partial charge in [0.15, 0.2) is 5.76 Å². The summed E-state index contributed by atoms with van der Waals surface area (Å²) in [5, 5.41) is 0. The minimum atomic E-state index is 0.261. The third-order valence-electron chi connectivity index (χ3n) is 4.73. The summed E-state index contributed by atoms with van der Waals surface area (Å²) in [7, 11) is 0. The summed E-state index contributed by atoms with van der Waals surface area (Å²) in [5.41, 5.74) is 8.40. The minimum absolute atomic E-state index is 0.261. The lowest BCUT2D eigenvalue weighted by Crippen LogP contribution is -2.12. The summed E-state index contributed by atoms with van der Waals surface area (Å²) < 4.78 is 5.47. The van der Waals surface area contributed by atoms with Gasteiger partial charge in [0.05, 0.1) is 12.0 Å². The third-order valence-corrected chi connectivity index (χ3v) is 4.73. The van der Waals surface area contributed by atoms with Crippen LogP contribution in [-0.2, 0) is 0 Å². The Kier molecular flexibility index (Phi) is 3.41. The largest absolute Gasteiger partial charge is 0.463 e. The first-order valence-corrected chi connectivity index (χ1v) is 8.07. The lowest BCUT2D eigenvalue weighted by Gasteiger charge is -2.23. The zero-order chi connectivity index (χ0) is 14.9. The van der Waals surface area contributed by atoms with Gasteiger partial charge in [-0.15, -0.1) is 0 Å². The number of aliphatic imine (C=N–C) groups is 1. The van der Waals surface area contributed by atoms with Crippen LogP contribution in [0, 0.1) is 5.92 Å². The standard InChI is InChI=1S/C17H20N4O/c18-17-20-14-12(9-11-5-2-1-3-6-11)10-19-16(14)15(21-17)13-7-4-8-22-13/h4,7-8,10-12H,1-3,5-6,9H2,(H2,18,20,21). The molecule has 22 heavy (non-hydrogen) atoms. The highest BCUT2D eigenvalue weighted by molar-refractivity contribution is 5.86. The van der Waals surface area contributed by atoms with Crippen LogP contribution in [0.2, 0.25) is 0 Å². The van der Waals surface area contributed by atoms with Crippen molar-refractivity contribution < 1.29 is 4.42 Å². The minimum Gasteiger partial charge on any atom is -0.463 e. The molecule has 2 aromatic heterocycles. The van der Waals surface area contributed by atoms with E-state index in [4.69, 9.17) is 10.2 Å². The summed E-state index contributed by atoms with van der Waals surface area (Å²) in [5.74, 6) is 2.03. The molecule has 1 aliphatic heterocycles. The summed E-state index contributed by atoms with van der Waals surface area (Å²) in [4.78, 5) is 13.4. The molecule has 5 heteroatoms. The van der Waals surface area contributed by atoms with Crippen LogP contribution in [-0.4, -0.2) is 16.2 Å². The van der Waals surface area contributed by atoms with Crippen LogP contribution in [0.1, 0.15) is 50.1 Å². The number of furan rings is 1. The van der Waals surface area contributed by atoms with Gasteiger partial charge in [-0.1, -0.05) is 32.1 Å². The van der Waals surface area contributed by atoms with E-state index in [-0.39, 0.29) is 5.92 Å². The second kappa shape index (κ2) is 5.55. The van der Waals surface area contributed by atoms with E-state index in [1.54, 1.807) is 6.26 Å². The van der Waals surface area contributed by atoms with E-state index in [9.17, 15) is 0 Å². The zero-order valence-corrected chi connectivity index (χ0v) is 12.5. The molecule has 2 aliphatic rings. The molecule has 0 bridgehead atoms. The topological polar surface area (TPSA) is 77.3 Å². The lowest BCUT2D eigenvalue weighted by atomic mass is 9.82. The molecule has 1 saturated carbocycles. The molecule has 0 amide bonds. The molecule has 4 rings (SSSR count). The van der Waals surface area contributed by atoms with E-state index >= 15 is 0 Å². The van der Waals surface area contributed by atoms with Crippen LogP contribution < -0.4 is 5.73 Å². The Hall–Kier alpha value is -2.17. The van der Waals surface area contributed by atoms with Gasteiger partial charge in [0, 0.05) is 12.1 Å². The monoisotopic (exact) mass is 296 g/mol. The van der Waals surface area contributed by atoms with E-state index in [0.717, 1.165) is 23.7 Å². The maximum absolute atomic E-state index is 5.91. The van der Waals surface area contributed by atoms with Gasteiger partial charge in [-0.25, -0.2) is 9.97 Å². The number of rotatable bonds is 3. The first-order valence-electron chi connectivity index (χ1n) is 8.07. The number of aromatic nitrogens is 2. The average molecular weight is 296 g/mol. The third kappa shape index (κ3) is 2.40. The van der Waals surface area contributed by atoms with E-state index in [2.05, 4.69) is 15.0 Å². The highest BCUT2D eigenvalue weighted by Gasteiger charge is 2.29. The van der Waals surface area contributed by atoms with Crippen molar-refractivity contribution in [3.8, 4) is 11.5 Å². The fraction of sp³-hybridized carbons (Fsp3) is 0.471. The second-order valence-electron chi connectivity index (χ2n) is 6.27. The Labute approximate surface area is 129 Å². The predicted molar refractivity (Wildman–Crippen MR) is 86.2 cm³/mol. The number of nitrogens with two attached hydrogens (primary N) is 1. The molecule has 114 valence electrons. The van der Waals surface area contributed by atoms with Crippen molar-refractivity contribution >= 4 is 17.9 Å². The smallest absolute Gasteiger partial charge is 0.221 e. The van der Waals surface area contributed by atoms with Crippen LogP contribution in [0.25, 0.3) is 11.5 Å². The molecule has 0 saturated heterocycles. The van der Waals surface area contributed by atoms with E-state index < -0.39 is 0 Å². The molecule has 0 radical (unpaired) electrons. The summed E-state index contributed by atoms with van der Waals surface area (Å²) >= 11 is 0. The van der Waals surface area contributed by atoms with Crippen LogP contribution in [0.4, 0.5) is 11.6 Å². The number of nitrogens with zero attached hydrogens (tertiary/aromatic N) is 3. The van der Waals surface area contributed by atoms with Gasteiger partial charge in [0.1, 0.15) is 11.4 Å². The molecule has 5 nitrogen and oxygen atoms in total. The summed E-state index contributed by atoms with van der Waals surface area (Å²) in [6.07, 6.45) is 11.5. The van der Waals surface area contributed by atoms with Crippen molar-refractivity contribution in [1.29, 1.82) is 0 Å². The Bertz CT molecular complexity index is 687. The van der Waals surface area contributed by atoms with Crippen LogP contribution in [0.3, 0.4) is 0 Å². The van der Waals surface area contributed by atoms with Gasteiger partial charge in [-0.05, 0) is 24.5 Å². The van der Waals surface area contributed by atoms with Gasteiger partial charge >= 0.3 is 0 Å². The number of hydrogen-bond donors (Lipinski definition) is 1. The van der Waals surface area contributed by atoms with Crippen molar-refractivity contribution in [2.45, 2.75) is 44.4 Å². The maximum Gasteiger partial charge on any atom is 0.221 e. The summed E-state index contributed by atoms with van der Waals surface area (Å²) in [6, 6.07) is 3.73. The van der Waals surface area contributed by atoms with Crippen molar-refractivity contribution in [2.75, 3.05) is 5.73 Å². The number of nitrogen functional groups attached to an aromatic ring is 1. The molecule has 1 unspecified atom stereocenters. The SMILES string of the molecule is Nc1nc(-c2ccco2)c2c(n1)C(CC1CCCCC1)C=N2. The summed E-state index contributed by atoms with van der Waals surface area (Å²) in [6.45, 7) is 0. The molecule has 2 aromatic rings. The van der Waals surface area contributed by atoms with Gasteiger partial charge in [0.2, 0.25) is 5.95 Å². The lowest BCUT2D eigenvalue weighted by molar-refractivity contribution is 0.334. The first kappa shape index (κ1) is 13.5. The molecule has 2 N–H and O–H groups in total. The highest BCUT2D eigenvalue weighted by Crippen LogP contribution is 2.42. The number of anilines is 1. The molecular weight excluding hydrogens is 276 g/mol.